The molecule has 9 heteroatoms. The van der Waals surface area contributed by atoms with Gasteiger partial charge in [0.25, 0.3) is 0 Å². The van der Waals surface area contributed by atoms with Gasteiger partial charge in [-0.2, -0.15) is 0 Å². The first kappa shape index (κ1) is 58.4. The second-order valence-corrected chi connectivity index (χ2v) is 18.0. The van der Waals surface area contributed by atoms with Crippen molar-refractivity contribution in [2.24, 2.45) is 0 Å². The first-order valence-electron chi connectivity index (χ1n) is 26.1. The molecule has 0 bridgehead atoms. The second-order valence-electron chi connectivity index (χ2n) is 18.0. The van der Waals surface area contributed by atoms with E-state index in [4.69, 9.17) is 18.9 Å². The smallest absolute Gasteiger partial charge is 0.306 e. The van der Waals surface area contributed by atoms with Gasteiger partial charge in [-0.3, -0.25) is 4.79 Å². The molecule has 0 spiro atoms. The molecule has 0 aromatic rings. The first-order chi connectivity index (χ1) is 30.4. The number of unbranched alkanes of at least 4 members (excludes halogenated alkanes) is 28. The largest absolute Gasteiger partial charge is 0.457 e. The van der Waals surface area contributed by atoms with Gasteiger partial charge in [-0.15, -0.1) is 0 Å². The molecule has 1 saturated heterocycles. The molecule has 1 aliphatic rings. The number of esters is 1. The van der Waals surface area contributed by atoms with Crippen LogP contribution in [0.5, 0.6) is 0 Å². The van der Waals surface area contributed by atoms with E-state index in [2.05, 4.69) is 50.3 Å². The molecular formula is C53H98O9. The zero-order valence-corrected chi connectivity index (χ0v) is 40.1. The number of ether oxygens (including phenoxy) is 4. The molecule has 4 N–H and O–H groups in total. The van der Waals surface area contributed by atoms with E-state index in [9.17, 15) is 25.2 Å². The number of aliphatic hydroxyl groups is 4. The maximum Gasteiger partial charge on any atom is 0.306 e. The van der Waals surface area contributed by atoms with Crippen LogP contribution in [0.2, 0.25) is 0 Å². The summed E-state index contributed by atoms with van der Waals surface area (Å²) >= 11 is 0. The minimum atomic E-state index is -1.54. The van der Waals surface area contributed by atoms with Crippen molar-refractivity contribution in [3.8, 4) is 0 Å². The average Bonchev–Trinajstić information content (AvgIpc) is 3.27. The van der Waals surface area contributed by atoms with Gasteiger partial charge in [-0.25, -0.2) is 0 Å². The van der Waals surface area contributed by atoms with Crippen molar-refractivity contribution in [2.75, 3.05) is 26.4 Å². The fourth-order valence-corrected chi connectivity index (χ4v) is 7.93. The lowest BCUT2D eigenvalue weighted by molar-refractivity contribution is -0.305. The van der Waals surface area contributed by atoms with E-state index in [1.165, 1.54) is 154 Å². The molecule has 6 unspecified atom stereocenters. The quantitative estimate of drug-likeness (QED) is 0.0268. The van der Waals surface area contributed by atoms with E-state index < -0.39 is 43.4 Å². The molecule has 1 rings (SSSR count). The van der Waals surface area contributed by atoms with Gasteiger partial charge >= 0.3 is 5.97 Å². The summed E-state index contributed by atoms with van der Waals surface area (Å²) in [5.41, 5.74) is 0. The van der Waals surface area contributed by atoms with Crippen LogP contribution >= 0.6 is 0 Å². The molecule has 62 heavy (non-hydrogen) atoms. The minimum absolute atomic E-state index is 0.118. The third-order valence-corrected chi connectivity index (χ3v) is 12.0. The predicted molar refractivity (Wildman–Crippen MR) is 256 cm³/mol. The van der Waals surface area contributed by atoms with Crippen molar-refractivity contribution in [1.29, 1.82) is 0 Å². The number of carbonyl (C=O) groups is 1. The lowest BCUT2D eigenvalue weighted by atomic mass is 9.99. The van der Waals surface area contributed by atoms with Crippen molar-refractivity contribution in [2.45, 2.75) is 269 Å². The lowest BCUT2D eigenvalue weighted by Crippen LogP contribution is -2.59. The van der Waals surface area contributed by atoms with Crippen molar-refractivity contribution in [3.63, 3.8) is 0 Å². The number of allylic oxidation sites excluding steroid dienone is 6. The van der Waals surface area contributed by atoms with E-state index in [-0.39, 0.29) is 19.2 Å². The summed E-state index contributed by atoms with van der Waals surface area (Å²) in [5.74, 6) is -0.325. The molecule has 0 radical (unpaired) electrons. The molecule has 0 aromatic heterocycles. The molecule has 9 nitrogen and oxygen atoms in total. The lowest BCUT2D eigenvalue weighted by Gasteiger charge is -2.39. The Labute approximate surface area is 380 Å². The Balaban J connectivity index is 2.17. The first-order valence-corrected chi connectivity index (χ1v) is 26.1. The van der Waals surface area contributed by atoms with Gasteiger partial charge in [0.15, 0.2) is 6.29 Å². The van der Waals surface area contributed by atoms with Crippen LogP contribution in [0.3, 0.4) is 0 Å². The van der Waals surface area contributed by atoms with Crippen molar-refractivity contribution < 1.29 is 44.2 Å². The monoisotopic (exact) mass is 879 g/mol. The van der Waals surface area contributed by atoms with Crippen LogP contribution < -0.4 is 0 Å². The van der Waals surface area contributed by atoms with Crippen LogP contribution in [0, 0.1) is 0 Å². The number of rotatable bonds is 45. The molecule has 1 aliphatic heterocycles. The van der Waals surface area contributed by atoms with Crippen molar-refractivity contribution >= 4 is 5.97 Å². The Morgan fingerprint density at radius 2 is 0.935 bits per heavy atom. The van der Waals surface area contributed by atoms with Gasteiger partial charge in [0.2, 0.25) is 0 Å². The van der Waals surface area contributed by atoms with Gasteiger partial charge in [-0.05, 0) is 70.6 Å². The molecule has 6 atom stereocenters. The highest BCUT2D eigenvalue weighted by Crippen LogP contribution is 2.23. The van der Waals surface area contributed by atoms with E-state index in [0.717, 1.165) is 57.8 Å². The normalized spacial score (nSPS) is 20.0. The molecular weight excluding hydrogens is 781 g/mol. The highest BCUT2D eigenvalue weighted by molar-refractivity contribution is 5.69. The molecule has 0 saturated carbocycles. The van der Waals surface area contributed by atoms with E-state index >= 15 is 0 Å². The number of carbonyl (C=O) groups excluding carboxylic acids is 1. The Kier molecular flexibility index (Phi) is 42.0. The molecule has 364 valence electrons. The third-order valence-electron chi connectivity index (χ3n) is 12.0. The summed E-state index contributed by atoms with van der Waals surface area (Å²) < 4.78 is 22.9. The van der Waals surface area contributed by atoms with E-state index in [1.54, 1.807) is 0 Å². The van der Waals surface area contributed by atoms with E-state index in [1.807, 2.05) is 0 Å². The summed E-state index contributed by atoms with van der Waals surface area (Å²) in [7, 11) is 0. The number of hydrogen-bond donors (Lipinski definition) is 4. The topological polar surface area (TPSA) is 135 Å². The van der Waals surface area contributed by atoms with E-state index in [0.29, 0.717) is 13.0 Å². The van der Waals surface area contributed by atoms with Gasteiger partial charge in [0.1, 0.15) is 30.5 Å². The van der Waals surface area contributed by atoms with Crippen LogP contribution in [0.4, 0.5) is 0 Å². The average molecular weight is 879 g/mol. The highest BCUT2D eigenvalue weighted by atomic mass is 16.7. The maximum absolute atomic E-state index is 12.8. The Bertz CT molecular complexity index is 1050. The second kappa shape index (κ2) is 44.6. The fraction of sp³-hybridized carbons (Fsp3) is 0.868. The SMILES string of the molecule is CCCCC/C=C\C/C=C\CCCCCCCC(=O)OC(COCCCCCCCCCCCCCC/C=C\CCCCCCCCCC)COC1OC(CO)C(O)C(O)C1O. The van der Waals surface area contributed by atoms with Crippen LogP contribution in [-0.4, -0.2) is 89.6 Å². The molecule has 0 aliphatic carbocycles. The Hall–Kier alpha value is -1.59. The molecule has 1 fully saturated rings. The predicted octanol–water partition coefficient (Wildman–Crippen LogP) is 12.7. The standard InChI is InChI=1S/C53H98O9/c1-3-5-7-9-11-13-15-17-19-20-21-22-23-24-25-26-27-29-31-33-35-37-39-41-43-59-45-47(46-60-53-52(58)51(57)50(56)48(44-54)62-53)61-49(55)42-40-38-36-34-32-30-28-18-16-14-12-10-8-6-4-2/h12,14,18,20-21,28,47-48,50-54,56-58H,3-11,13,15-17,19,22-27,29-46H2,1-2H3/b14-12-,21-20-,28-18-. The van der Waals surface area contributed by atoms with Gasteiger partial charge in [0, 0.05) is 13.0 Å². The maximum atomic E-state index is 12.8. The summed E-state index contributed by atoms with van der Waals surface area (Å²) in [6.45, 7) is 4.54. The van der Waals surface area contributed by atoms with Crippen molar-refractivity contribution in [3.05, 3.63) is 36.5 Å². The summed E-state index contributed by atoms with van der Waals surface area (Å²) in [4.78, 5) is 12.8. The van der Waals surface area contributed by atoms with Crippen LogP contribution in [-0.2, 0) is 23.7 Å². The third kappa shape index (κ3) is 34.8. The molecule has 0 amide bonds. The molecule has 1 heterocycles. The summed E-state index contributed by atoms with van der Waals surface area (Å²) in [6.07, 6.45) is 47.5. The highest BCUT2D eigenvalue weighted by Gasteiger charge is 2.44. The minimum Gasteiger partial charge on any atom is -0.457 e. The molecule has 0 aromatic carbocycles. The van der Waals surface area contributed by atoms with Crippen molar-refractivity contribution in [1.82, 2.24) is 0 Å². The van der Waals surface area contributed by atoms with Gasteiger partial charge in [-0.1, -0.05) is 192 Å². The van der Waals surface area contributed by atoms with Crippen LogP contribution in [0.1, 0.15) is 232 Å². The summed E-state index contributed by atoms with van der Waals surface area (Å²) in [6, 6.07) is 0. The van der Waals surface area contributed by atoms with Gasteiger partial charge in [0.05, 0.1) is 19.8 Å². The number of hydrogen-bond acceptors (Lipinski definition) is 9. The zero-order chi connectivity index (χ0) is 45.0. The van der Waals surface area contributed by atoms with Crippen LogP contribution in [0.25, 0.3) is 0 Å². The summed E-state index contributed by atoms with van der Waals surface area (Å²) in [5, 5.41) is 40.2. The van der Waals surface area contributed by atoms with Crippen LogP contribution in [0.15, 0.2) is 36.5 Å². The number of aliphatic hydroxyl groups excluding tert-OH is 4. The Morgan fingerprint density at radius 3 is 1.44 bits per heavy atom. The van der Waals surface area contributed by atoms with Gasteiger partial charge < -0.3 is 39.4 Å². The Morgan fingerprint density at radius 1 is 0.516 bits per heavy atom. The fourth-order valence-electron chi connectivity index (χ4n) is 7.93. The zero-order valence-electron chi connectivity index (χ0n) is 40.1.